The predicted molar refractivity (Wildman–Crippen MR) is 82.6 cm³/mol. The minimum absolute atomic E-state index is 0.120. The SMILES string of the molecule is Fc1ccc2[nH]c3c(c2c1)CCCCCCCCCC3. The largest absolute Gasteiger partial charge is 0.358 e. The second-order valence-corrected chi connectivity index (χ2v) is 6.10. The van der Waals surface area contributed by atoms with Gasteiger partial charge in [-0.15, -0.1) is 0 Å². The molecule has 0 amide bonds. The van der Waals surface area contributed by atoms with Crippen LogP contribution in [-0.4, -0.2) is 4.98 Å². The minimum Gasteiger partial charge on any atom is -0.358 e. The molecule has 0 spiro atoms. The molecule has 1 aromatic heterocycles. The molecule has 2 heteroatoms. The number of rotatable bonds is 0. The minimum atomic E-state index is -0.120. The summed E-state index contributed by atoms with van der Waals surface area (Å²) in [6.07, 6.45) is 12.8. The van der Waals surface area contributed by atoms with Crippen LogP contribution in [0.2, 0.25) is 0 Å². The Kier molecular flexibility index (Phi) is 4.39. The summed E-state index contributed by atoms with van der Waals surface area (Å²) in [5.74, 6) is -0.120. The third kappa shape index (κ3) is 3.05. The van der Waals surface area contributed by atoms with Crippen molar-refractivity contribution >= 4 is 10.9 Å². The molecule has 108 valence electrons. The van der Waals surface area contributed by atoms with Gasteiger partial charge in [0.25, 0.3) is 0 Å². The lowest BCUT2D eigenvalue weighted by atomic mass is 9.98. The summed E-state index contributed by atoms with van der Waals surface area (Å²) < 4.78 is 13.5. The van der Waals surface area contributed by atoms with E-state index in [1.165, 1.54) is 62.6 Å². The Morgan fingerprint density at radius 1 is 0.800 bits per heavy atom. The Morgan fingerprint density at radius 3 is 2.20 bits per heavy atom. The van der Waals surface area contributed by atoms with E-state index < -0.39 is 0 Å². The third-order valence-electron chi connectivity index (χ3n) is 4.56. The number of aryl methyl sites for hydroxylation is 2. The van der Waals surface area contributed by atoms with E-state index in [9.17, 15) is 4.39 Å². The number of aromatic nitrogens is 1. The van der Waals surface area contributed by atoms with Crippen molar-refractivity contribution in [1.29, 1.82) is 0 Å². The molecule has 1 nitrogen and oxygen atoms in total. The molecule has 0 fully saturated rings. The zero-order valence-electron chi connectivity index (χ0n) is 12.2. The van der Waals surface area contributed by atoms with E-state index in [1.807, 2.05) is 6.07 Å². The van der Waals surface area contributed by atoms with Crippen LogP contribution in [0.15, 0.2) is 18.2 Å². The quantitative estimate of drug-likeness (QED) is 0.650. The number of aromatic amines is 1. The Balaban J connectivity index is 1.91. The standard InChI is InChI=1S/C18H24FN/c19-14-11-12-18-16(13-14)15-9-7-5-3-1-2-4-6-8-10-17(15)20-18/h11-13,20H,1-10H2. The van der Waals surface area contributed by atoms with Crippen LogP contribution in [0.3, 0.4) is 0 Å². The number of benzene rings is 1. The van der Waals surface area contributed by atoms with Gasteiger partial charge in [-0.05, 0) is 49.4 Å². The third-order valence-corrected chi connectivity index (χ3v) is 4.56. The fraction of sp³-hybridized carbons (Fsp3) is 0.556. The van der Waals surface area contributed by atoms with Gasteiger partial charge in [0, 0.05) is 16.6 Å². The van der Waals surface area contributed by atoms with Crippen molar-refractivity contribution in [2.75, 3.05) is 0 Å². The summed E-state index contributed by atoms with van der Waals surface area (Å²) in [6.45, 7) is 0. The van der Waals surface area contributed by atoms with Crippen molar-refractivity contribution in [2.45, 2.75) is 64.2 Å². The highest BCUT2D eigenvalue weighted by Crippen LogP contribution is 2.27. The number of hydrogen-bond acceptors (Lipinski definition) is 0. The first-order chi connectivity index (χ1) is 9.84. The molecule has 0 saturated heterocycles. The molecular formula is C18H24FN. The van der Waals surface area contributed by atoms with Gasteiger partial charge in [-0.25, -0.2) is 4.39 Å². The van der Waals surface area contributed by atoms with Gasteiger partial charge < -0.3 is 4.98 Å². The van der Waals surface area contributed by atoms with E-state index in [4.69, 9.17) is 0 Å². The normalized spacial score (nSPS) is 18.2. The average Bonchev–Trinajstić information content (AvgIpc) is 2.76. The summed E-state index contributed by atoms with van der Waals surface area (Å²) >= 11 is 0. The van der Waals surface area contributed by atoms with Gasteiger partial charge in [-0.3, -0.25) is 0 Å². The lowest BCUT2D eigenvalue weighted by molar-refractivity contribution is 0.559. The molecular weight excluding hydrogens is 249 g/mol. The van der Waals surface area contributed by atoms with Crippen LogP contribution in [-0.2, 0) is 12.8 Å². The van der Waals surface area contributed by atoms with E-state index >= 15 is 0 Å². The van der Waals surface area contributed by atoms with Gasteiger partial charge in [-0.2, -0.15) is 0 Å². The molecule has 3 rings (SSSR count). The van der Waals surface area contributed by atoms with E-state index in [2.05, 4.69) is 4.98 Å². The predicted octanol–water partition coefficient (Wildman–Crippen LogP) is 5.53. The van der Waals surface area contributed by atoms with E-state index in [0.717, 1.165) is 23.7 Å². The molecule has 1 aliphatic rings. The van der Waals surface area contributed by atoms with Crippen molar-refractivity contribution in [2.24, 2.45) is 0 Å². The van der Waals surface area contributed by atoms with Gasteiger partial charge in [0.1, 0.15) is 5.82 Å². The average molecular weight is 273 g/mol. The summed E-state index contributed by atoms with van der Waals surface area (Å²) in [7, 11) is 0. The van der Waals surface area contributed by atoms with Crippen LogP contribution in [0.5, 0.6) is 0 Å². The van der Waals surface area contributed by atoms with E-state index in [-0.39, 0.29) is 5.82 Å². The molecule has 0 saturated carbocycles. The first-order valence-corrected chi connectivity index (χ1v) is 8.13. The van der Waals surface area contributed by atoms with E-state index in [1.54, 1.807) is 12.1 Å². The lowest BCUT2D eigenvalue weighted by Crippen LogP contribution is -1.95. The Labute approximate surface area is 120 Å². The maximum absolute atomic E-state index is 13.5. The van der Waals surface area contributed by atoms with Gasteiger partial charge in [0.05, 0.1) is 0 Å². The summed E-state index contributed by atoms with van der Waals surface area (Å²) in [4.78, 5) is 3.53. The molecule has 0 unspecified atom stereocenters. The summed E-state index contributed by atoms with van der Waals surface area (Å²) in [6, 6.07) is 5.15. The van der Waals surface area contributed by atoms with Crippen molar-refractivity contribution in [3.63, 3.8) is 0 Å². The highest BCUT2D eigenvalue weighted by atomic mass is 19.1. The number of hydrogen-bond donors (Lipinski definition) is 1. The lowest BCUT2D eigenvalue weighted by Gasteiger charge is -2.08. The van der Waals surface area contributed by atoms with Crippen molar-refractivity contribution in [3.05, 3.63) is 35.3 Å². The molecule has 0 bridgehead atoms. The molecule has 1 aromatic carbocycles. The van der Waals surface area contributed by atoms with Crippen molar-refractivity contribution in [1.82, 2.24) is 4.98 Å². The van der Waals surface area contributed by atoms with Crippen molar-refractivity contribution < 1.29 is 4.39 Å². The molecule has 0 atom stereocenters. The molecule has 1 aliphatic carbocycles. The van der Waals surface area contributed by atoms with Crippen LogP contribution < -0.4 is 0 Å². The maximum atomic E-state index is 13.5. The molecule has 1 heterocycles. The topological polar surface area (TPSA) is 15.8 Å². The highest BCUT2D eigenvalue weighted by Gasteiger charge is 2.12. The highest BCUT2D eigenvalue weighted by molar-refractivity contribution is 5.84. The van der Waals surface area contributed by atoms with Gasteiger partial charge in [0.2, 0.25) is 0 Å². The maximum Gasteiger partial charge on any atom is 0.123 e. The number of nitrogens with one attached hydrogen (secondary N) is 1. The second-order valence-electron chi connectivity index (χ2n) is 6.10. The monoisotopic (exact) mass is 273 g/mol. The van der Waals surface area contributed by atoms with Crippen LogP contribution in [0.4, 0.5) is 4.39 Å². The fourth-order valence-corrected chi connectivity index (χ4v) is 3.44. The van der Waals surface area contributed by atoms with Crippen LogP contribution in [0.25, 0.3) is 10.9 Å². The number of fused-ring (bicyclic) bond motifs is 3. The fourth-order valence-electron chi connectivity index (χ4n) is 3.44. The molecule has 1 N–H and O–H groups in total. The van der Waals surface area contributed by atoms with Crippen LogP contribution in [0, 0.1) is 5.82 Å². The molecule has 0 aliphatic heterocycles. The molecule has 0 radical (unpaired) electrons. The van der Waals surface area contributed by atoms with Gasteiger partial charge in [-0.1, -0.05) is 38.5 Å². The zero-order valence-corrected chi connectivity index (χ0v) is 12.2. The number of halogens is 1. The second kappa shape index (κ2) is 6.43. The number of H-pyrrole nitrogens is 1. The van der Waals surface area contributed by atoms with Gasteiger partial charge in [0.15, 0.2) is 0 Å². The summed E-state index contributed by atoms with van der Waals surface area (Å²) in [5.41, 5.74) is 3.83. The Bertz CT molecular complexity index is 570. The Morgan fingerprint density at radius 2 is 1.45 bits per heavy atom. The van der Waals surface area contributed by atoms with Crippen LogP contribution in [0.1, 0.15) is 62.6 Å². The first-order valence-electron chi connectivity index (χ1n) is 8.13. The smallest absolute Gasteiger partial charge is 0.123 e. The van der Waals surface area contributed by atoms with Crippen molar-refractivity contribution in [3.8, 4) is 0 Å². The zero-order chi connectivity index (χ0) is 13.8. The Hall–Kier alpha value is -1.31. The summed E-state index contributed by atoms with van der Waals surface area (Å²) in [5, 5.41) is 1.11. The van der Waals surface area contributed by atoms with Gasteiger partial charge >= 0.3 is 0 Å². The first kappa shape index (κ1) is 13.7. The molecule has 2 aromatic rings. The molecule has 20 heavy (non-hydrogen) atoms. The van der Waals surface area contributed by atoms with E-state index in [0.29, 0.717) is 0 Å². The van der Waals surface area contributed by atoms with Crippen LogP contribution >= 0.6 is 0 Å².